The fraction of sp³-hybridized carbons (Fsp3) is 0.182. The number of nitrogens with two attached hydrogens (primary N) is 1. The Kier molecular flexibility index (Phi) is 4.39. The van der Waals surface area contributed by atoms with Crippen LogP contribution in [0.2, 0.25) is 0 Å². The first-order chi connectivity index (χ1) is 8.41. The van der Waals surface area contributed by atoms with Gasteiger partial charge in [-0.05, 0) is 24.3 Å². The summed E-state index contributed by atoms with van der Waals surface area (Å²) < 4.78 is 0. The number of carbonyl (C=O) groups excluding carboxylic acids is 2. The predicted octanol–water partition coefficient (Wildman–Crippen LogP) is -1.04. The van der Waals surface area contributed by atoms with Crippen molar-refractivity contribution in [3.63, 3.8) is 0 Å². The molecule has 0 bridgehead atoms. The summed E-state index contributed by atoms with van der Waals surface area (Å²) in [4.78, 5) is 32.6. The number of hydrogen-bond donors (Lipinski definition) is 4. The molecule has 1 aromatic carbocycles. The van der Waals surface area contributed by atoms with Crippen LogP contribution in [0.5, 0.6) is 0 Å². The van der Waals surface area contributed by atoms with E-state index in [4.69, 9.17) is 15.9 Å². The van der Waals surface area contributed by atoms with Crippen LogP contribution in [-0.4, -0.2) is 40.6 Å². The minimum absolute atomic E-state index is 0.234. The number of nitrogens with one attached hydrogen (secondary N) is 1. The van der Waals surface area contributed by atoms with Gasteiger partial charge in [0.25, 0.3) is 5.91 Å². The van der Waals surface area contributed by atoms with Gasteiger partial charge in [-0.1, -0.05) is 0 Å². The molecule has 1 aromatic rings. The van der Waals surface area contributed by atoms with Crippen LogP contribution in [0.1, 0.15) is 20.7 Å². The molecule has 0 spiro atoms. The second-order valence-corrected chi connectivity index (χ2v) is 3.51. The second-order valence-electron chi connectivity index (χ2n) is 3.51. The highest BCUT2D eigenvalue weighted by Crippen LogP contribution is 2.03. The molecule has 0 saturated carbocycles. The monoisotopic (exact) mass is 252 g/mol. The normalized spacial score (nSPS) is 11.6. The molecule has 0 aliphatic carbocycles. The number of carbonyl (C=O) groups is 3. The first-order valence-corrected chi connectivity index (χ1v) is 5.00. The Hall–Kier alpha value is -2.41. The number of rotatable bonds is 5. The average molecular weight is 252 g/mol. The van der Waals surface area contributed by atoms with Gasteiger partial charge in [-0.15, -0.1) is 0 Å². The summed E-state index contributed by atoms with van der Waals surface area (Å²) in [6, 6.07) is 5.51. The lowest BCUT2D eigenvalue weighted by Crippen LogP contribution is -2.36. The summed E-state index contributed by atoms with van der Waals surface area (Å²) in [5.41, 5.74) is 5.53. The highest BCUT2D eigenvalue weighted by molar-refractivity contribution is 5.97. The smallest absolute Gasteiger partial charge is 0.334 e. The van der Waals surface area contributed by atoms with Gasteiger partial charge in [0.15, 0.2) is 6.10 Å². The third kappa shape index (κ3) is 3.56. The third-order valence-electron chi connectivity index (χ3n) is 2.17. The lowest BCUT2D eigenvalue weighted by atomic mass is 10.1. The van der Waals surface area contributed by atoms with E-state index in [0.717, 1.165) is 0 Å². The highest BCUT2D eigenvalue weighted by Gasteiger charge is 2.14. The Labute approximate surface area is 102 Å². The van der Waals surface area contributed by atoms with Gasteiger partial charge in [-0.2, -0.15) is 0 Å². The Bertz CT molecular complexity index is 469. The van der Waals surface area contributed by atoms with E-state index < -0.39 is 30.4 Å². The number of benzene rings is 1. The summed E-state index contributed by atoms with van der Waals surface area (Å²) in [5, 5.41) is 19.6. The van der Waals surface area contributed by atoms with E-state index in [1.165, 1.54) is 24.3 Å². The highest BCUT2D eigenvalue weighted by atomic mass is 16.4. The Morgan fingerprint density at radius 1 is 1.17 bits per heavy atom. The standard InChI is InChI=1S/C11H12N2O5/c12-9(15)6-1-3-7(4-2-6)10(16)13-5-8(14)11(17)18/h1-4,8,14H,5H2,(H2,12,15)(H,13,16)(H,17,18)/t8-/m0/s1. The molecule has 96 valence electrons. The molecule has 0 aliphatic heterocycles. The van der Waals surface area contributed by atoms with Gasteiger partial charge < -0.3 is 21.3 Å². The fourth-order valence-corrected chi connectivity index (χ4v) is 1.16. The van der Waals surface area contributed by atoms with E-state index in [-0.39, 0.29) is 11.1 Å². The maximum atomic E-state index is 11.5. The topological polar surface area (TPSA) is 130 Å². The Morgan fingerprint density at radius 3 is 2.11 bits per heavy atom. The quantitative estimate of drug-likeness (QED) is 0.532. The van der Waals surface area contributed by atoms with Crippen LogP contribution in [0.4, 0.5) is 0 Å². The zero-order valence-corrected chi connectivity index (χ0v) is 9.29. The Balaban J connectivity index is 2.62. The van der Waals surface area contributed by atoms with E-state index in [9.17, 15) is 14.4 Å². The molecule has 1 rings (SSSR count). The summed E-state index contributed by atoms with van der Waals surface area (Å²) in [6.45, 7) is -0.397. The molecular weight excluding hydrogens is 240 g/mol. The molecule has 0 aromatic heterocycles. The lowest BCUT2D eigenvalue weighted by Gasteiger charge is -2.07. The summed E-state index contributed by atoms with van der Waals surface area (Å²) >= 11 is 0. The van der Waals surface area contributed by atoms with Crippen LogP contribution in [0.15, 0.2) is 24.3 Å². The van der Waals surface area contributed by atoms with Gasteiger partial charge in [-0.3, -0.25) is 9.59 Å². The largest absolute Gasteiger partial charge is 0.479 e. The molecule has 0 radical (unpaired) electrons. The maximum Gasteiger partial charge on any atom is 0.334 e. The summed E-state index contributed by atoms with van der Waals surface area (Å²) in [5.74, 6) is -2.58. The Morgan fingerprint density at radius 2 is 1.67 bits per heavy atom. The van der Waals surface area contributed by atoms with Crippen molar-refractivity contribution in [3.05, 3.63) is 35.4 Å². The molecule has 0 saturated heterocycles. The molecule has 7 nitrogen and oxygen atoms in total. The molecule has 5 N–H and O–H groups in total. The molecule has 0 fully saturated rings. The van der Waals surface area contributed by atoms with Crippen molar-refractivity contribution in [2.45, 2.75) is 6.10 Å². The van der Waals surface area contributed by atoms with Crippen LogP contribution in [0, 0.1) is 0 Å². The lowest BCUT2D eigenvalue weighted by molar-refractivity contribution is -0.146. The first kappa shape index (κ1) is 13.7. The van der Waals surface area contributed by atoms with Crippen LogP contribution >= 0.6 is 0 Å². The van der Waals surface area contributed by atoms with Crippen molar-refractivity contribution in [1.82, 2.24) is 5.32 Å². The van der Waals surface area contributed by atoms with Crippen LogP contribution in [0.3, 0.4) is 0 Å². The molecule has 1 atom stereocenters. The first-order valence-electron chi connectivity index (χ1n) is 5.00. The fourth-order valence-electron chi connectivity index (χ4n) is 1.16. The van der Waals surface area contributed by atoms with E-state index >= 15 is 0 Å². The van der Waals surface area contributed by atoms with Crippen LogP contribution in [0.25, 0.3) is 0 Å². The zero-order chi connectivity index (χ0) is 13.7. The minimum atomic E-state index is -1.65. The second kappa shape index (κ2) is 5.78. The summed E-state index contributed by atoms with van der Waals surface area (Å²) in [7, 11) is 0. The predicted molar refractivity (Wildman–Crippen MR) is 60.9 cm³/mol. The van der Waals surface area contributed by atoms with Gasteiger partial charge in [-0.25, -0.2) is 4.79 Å². The third-order valence-corrected chi connectivity index (χ3v) is 2.17. The number of aliphatic hydroxyl groups is 1. The van der Waals surface area contributed by atoms with Gasteiger partial charge in [0, 0.05) is 11.1 Å². The minimum Gasteiger partial charge on any atom is -0.479 e. The molecule has 7 heteroatoms. The van der Waals surface area contributed by atoms with Crippen molar-refractivity contribution in [3.8, 4) is 0 Å². The van der Waals surface area contributed by atoms with Gasteiger partial charge in [0.2, 0.25) is 5.91 Å². The number of carboxylic acids is 1. The average Bonchev–Trinajstić information content (AvgIpc) is 2.35. The zero-order valence-electron chi connectivity index (χ0n) is 9.29. The molecular formula is C11H12N2O5. The van der Waals surface area contributed by atoms with Crippen LogP contribution < -0.4 is 11.1 Å². The number of carboxylic acid groups (broad SMARTS) is 1. The van der Waals surface area contributed by atoms with Gasteiger partial charge >= 0.3 is 5.97 Å². The van der Waals surface area contributed by atoms with Crippen molar-refractivity contribution in [2.75, 3.05) is 6.54 Å². The molecule has 0 heterocycles. The van der Waals surface area contributed by atoms with E-state index in [0.29, 0.717) is 0 Å². The van der Waals surface area contributed by atoms with Crippen molar-refractivity contribution in [1.29, 1.82) is 0 Å². The molecule has 0 unspecified atom stereocenters. The molecule has 0 aliphatic rings. The number of aliphatic carboxylic acids is 1. The van der Waals surface area contributed by atoms with E-state index in [2.05, 4.69) is 5.32 Å². The van der Waals surface area contributed by atoms with Crippen LogP contribution in [-0.2, 0) is 4.79 Å². The van der Waals surface area contributed by atoms with Gasteiger partial charge in [0.1, 0.15) is 0 Å². The molecule has 18 heavy (non-hydrogen) atoms. The van der Waals surface area contributed by atoms with Crippen molar-refractivity contribution >= 4 is 17.8 Å². The SMILES string of the molecule is NC(=O)c1ccc(C(=O)NC[C@H](O)C(=O)O)cc1. The van der Waals surface area contributed by atoms with Crippen molar-refractivity contribution < 1.29 is 24.6 Å². The van der Waals surface area contributed by atoms with Crippen molar-refractivity contribution in [2.24, 2.45) is 5.73 Å². The van der Waals surface area contributed by atoms with E-state index in [1.807, 2.05) is 0 Å². The van der Waals surface area contributed by atoms with E-state index in [1.54, 1.807) is 0 Å². The molecule has 2 amide bonds. The number of aliphatic hydroxyl groups excluding tert-OH is 1. The maximum absolute atomic E-state index is 11.5. The summed E-state index contributed by atoms with van der Waals surface area (Å²) in [6.07, 6.45) is -1.65. The number of hydrogen-bond acceptors (Lipinski definition) is 4. The number of amides is 2. The number of primary amides is 1. The van der Waals surface area contributed by atoms with Gasteiger partial charge in [0.05, 0.1) is 6.54 Å².